The van der Waals surface area contributed by atoms with E-state index in [9.17, 15) is 0 Å². The minimum Gasteiger partial charge on any atom is -0.480 e. The van der Waals surface area contributed by atoms with Gasteiger partial charge in [0.15, 0.2) is 0 Å². The number of rotatable bonds is 2. The Morgan fingerprint density at radius 1 is 1.56 bits per heavy atom. The molecule has 2 heterocycles. The van der Waals surface area contributed by atoms with Gasteiger partial charge in [-0.15, -0.1) is 0 Å². The maximum absolute atomic E-state index is 5.87. The van der Waals surface area contributed by atoms with Crippen molar-refractivity contribution in [2.75, 3.05) is 25.1 Å². The zero-order valence-electron chi connectivity index (χ0n) is 11.1. The van der Waals surface area contributed by atoms with E-state index in [0.29, 0.717) is 11.8 Å². The molecule has 0 N–H and O–H groups in total. The molecule has 1 unspecified atom stereocenters. The first-order valence-electron chi connectivity index (χ1n) is 5.90. The van der Waals surface area contributed by atoms with E-state index in [1.54, 1.807) is 13.3 Å². The molecule has 1 aromatic rings. The second-order valence-corrected chi connectivity index (χ2v) is 5.95. The Morgan fingerprint density at radius 3 is 2.89 bits per heavy atom. The molecular weight excluding hydrogens is 298 g/mol. The number of hydrogen-bond donors (Lipinski definition) is 0. The number of nitrogens with zero attached hydrogens (tertiary/aromatic N) is 3. The van der Waals surface area contributed by atoms with Gasteiger partial charge in [0.25, 0.3) is 0 Å². The summed E-state index contributed by atoms with van der Waals surface area (Å²) in [6.07, 6.45) is 1.88. The van der Waals surface area contributed by atoms with Crippen molar-refractivity contribution in [1.82, 2.24) is 9.97 Å². The molecule has 0 aromatic carbocycles. The molecule has 5 nitrogen and oxygen atoms in total. The van der Waals surface area contributed by atoms with E-state index in [1.807, 2.05) is 0 Å². The van der Waals surface area contributed by atoms with Crippen LogP contribution >= 0.6 is 15.9 Å². The summed E-state index contributed by atoms with van der Waals surface area (Å²) in [7, 11) is 1.60. The first-order valence-corrected chi connectivity index (χ1v) is 6.70. The highest BCUT2D eigenvalue weighted by molar-refractivity contribution is 9.10. The smallest absolute Gasteiger partial charge is 0.232 e. The van der Waals surface area contributed by atoms with E-state index >= 15 is 0 Å². The van der Waals surface area contributed by atoms with Crippen molar-refractivity contribution in [3.63, 3.8) is 0 Å². The number of ether oxygens (including phenoxy) is 2. The lowest BCUT2D eigenvalue weighted by molar-refractivity contribution is -0.0754. The summed E-state index contributed by atoms with van der Waals surface area (Å²) in [6, 6.07) is 0. The third-order valence-corrected chi connectivity index (χ3v) is 3.29. The van der Waals surface area contributed by atoms with Crippen LogP contribution in [0.5, 0.6) is 5.88 Å². The SMILES string of the molecule is COc1nc(N2CC(C)OC(C)(C)C2)ncc1Br. The number of morpholine rings is 1. The summed E-state index contributed by atoms with van der Waals surface area (Å²) < 4.78 is 11.8. The predicted octanol–water partition coefficient (Wildman–Crippen LogP) is 2.25. The molecule has 18 heavy (non-hydrogen) atoms. The van der Waals surface area contributed by atoms with E-state index in [-0.39, 0.29) is 11.7 Å². The number of methoxy groups -OCH3 is 1. The summed E-state index contributed by atoms with van der Waals surface area (Å²) in [5.74, 6) is 1.23. The van der Waals surface area contributed by atoms with E-state index in [1.165, 1.54) is 0 Å². The maximum atomic E-state index is 5.87. The largest absolute Gasteiger partial charge is 0.480 e. The van der Waals surface area contributed by atoms with Gasteiger partial charge in [-0.2, -0.15) is 4.98 Å². The molecule has 6 heteroatoms. The van der Waals surface area contributed by atoms with Crippen molar-refractivity contribution in [3.05, 3.63) is 10.7 Å². The van der Waals surface area contributed by atoms with Crippen LogP contribution in [0.15, 0.2) is 10.7 Å². The lowest BCUT2D eigenvalue weighted by Crippen LogP contribution is -2.52. The Hall–Kier alpha value is -0.880. The highest BCUT2D eigenvalue weighted by Crippen LogP contribution is 2.27. The molecule has 1 fully saturated rings. The molecule has 1 aromatic heterocycles. The fourth-order valence-corrected chi connectivity index (χ4v) is 2.60. The van der Waals surface area contributed by atoms with E-state index in [2.05, 4.69) is 51.6 Å². The quantitative estimate of drug-likeness (QED) is 0.837. The van der Waals surface area contributed by atoms with Crippen LogP contribution in [0.1, 0.15) is 20.8 Å². The van der Waals surface area contributed by atoms with Crippen molar-refractivity contribution in [3.8, 4) is 5.88 Å². The standard InChI is InChI=1S/C12H18BrN3O2/c1-8-6-16(7-12(2,3)18-8)11-14-5-9(13)10(15-11)17-4/h5,8H,6-7H2,1-4H3. The average Bonchev–Trinajstić information content (AvgIpc) is 2.27. The second kappa shape index (κ2) is 5.01. The van der Waals surface area contributed by atoms with Gasteiger partial charge in [-0.3, -0.25) is 0 Å². The molecule has 1 aliphatic heterocycles. The van der Waals surface area contributed by atoms with Gasteiger partial charge in [0, 0.05) is 13.1 Å². The number of aromatic nitrogens is 2. The average molecular weight is 316 g/mol. The molecule has 100 valence electrons. The monoisotopic (exact) mass is 315 g/mol. The topological polar surface area (TPSA) is 47.5 Å². The Morgan fingerprint density at radius 2 is 2.28 bits per heavy atom. The van der Waals surface area contributed by atoms with Crippen LogP contribution in [0.3, 0.4) is 0 Å². The van der Waals surface area contributed by atoms with Gasteiger partial charge in [0.05, 0.1) is 29.5 Å². The minimum absolute atomic E-state index is 0.159. The molecule has 0 spiro atoms. The number of anilines is 1. The first-order chi connectivity index (χ1) is 8.41. The molecule has 1 saturated heterocycles. The Balaban J connectivity index is 2.25. The summed E-state index contributed by atoms with van der Waals surface area (Å²) in [5, 5.41) is 0. The lowest BCUT2D eigenvalue weighted by Gasteiger charge is -2.41. The zero-order valence-corrected chi connectivity index (χ0v) is 12.7. The Kier molecular flexibility index (Phi) is 3.77. The third kappa shape index (κ3) is 2.92. The minimum atomic E-state index is -0.193. The van der Waals surface area contributed by atoms with Gasteiger partial charge in [-0.25, -0.2) is 4.98 Å². The normalized spacial score (nSPS) is 22.9. The van der Waals surface area contributed by atoms with Crippen LogP contribution in [-0.4, -0.2) is 41.9 Å². The summed E-state index contributed by atoms with van der Waals surface area (Å²) in [5.41, 5.74) is -0.193. The lowest BCUT2D eigenvalue weighted by atomic mass is 10.1. The third-order valence-electron chi connectivity index (χ3n) is 2.74. The summed E-state index contributed by atoms with van der Waals surface area (Å²) in [6.45, 7) is 7.76. The van der Waals surface area contributed by atoms with Crippen LogP contribution in [0.2, 0.25) is 0 Å². The van der Waals surface area contributed by atoms with Crippen molar-refractivity contribution >= 4 is 21.9 Å². The van der Waals surface area contributed by atoms with Crippen LogP contribution in [0, 0.1) is 0 Å². The molecule has 0 amide bonds. The van der Waals surface area contributed by atoms with Gasteiger partial charge in [-0.1, -0.05) is 0 Å². The van der Waals surface area contributed by atoms with Crippen molar-refractivity contribution in [1.29, 1.82) is 0 Å². The van der Waals surface area contributed by atoms with Crippen LogP contribution in [0.4, 0.5) is 5.95 Å². The summed E-state index contributed by atoms with van der Waals surface area (Å²) in [4.78, 5) is 10.9. The van der Waals surface area contributed by atoms with Crippen LogP contribution < -0.4 is 9.64 Å². The van der Waals surface area contributed by atoms with Crippen molar-refractivity contribution < 1.29 is 9.47 Å². The van der Waals surface area contributed by atoms with Gasteiger partial charge < -0.3 is 14.4 Å². The fourth-order valence-electron chi connectivity index (χ4n) is 2.24. The van der Waals surface area contributed by atoms with E-state index in [4.69, 9.17) is 9.47 Å². The van der Waals surface area contributed by atoms with E-state index in [0.717, 1.165) is 17.6 Å². The zero-order chi connectivity index (χ0) is 13.3. The number of hydrogen-bond acceptors (Lipinski definition) is 5. The van der Waals surface area contributed by atoms with Crippen molar-refractivity contribution in [2.24, 2.45) is 0 Å². The molecule has 0 saturated carbocycles. The molecule has 0 radical (unpaired) electrons. The van der Waals surface area contributed by atoms with Crippen molar-refractivity contribution in [2.45, 2.75) is 32.5 Å². The van der Waals surface area contributed by atoms with Crippen LogP contribution in [0.25, 0.3) is 0 Å². The van der Waals surface area contributed by atoms with Gasteiger partial charge >= 0.3 is 0 Å². The van der Waals surface area contributed by atoms with Crippen LogP contribution in [-0.2, 0) is 4.74 Å². The number of halogens is 1. The first kappa shape index (κ1) is 13.5. The maximum Gasteiger partial charge on any atom is 0.232 e. The second-order valence-electron chi connectivity index (χ2n) is 5.10. The Labute approximate surface area is 116 Å². The molecule has 1 atom stereocenters. The van der Waals surface area contributed by atoms with Gasteiger partial charge in [0.2, 0.25) is 11.8 Å². The molecule has 0 aliphatic carbocycles. The predicted molar refractivity (Wildman–Crippen MR) is 73.1 cm³/mol. The summed E-state index contributed by atoms with van der Waals surface area (Å²) >= 11 is 3.36. The highest BCUT2D eigenvalue weighted by Gasteiger charge is 2.32. The molecule has 1 aliphatic rings. The fraction of sp³-hybridized carbons (Fsp3) is 0.667. The molecule has 0 bridgehead atoms. The van der Waals surface area contributed by atoms with E-state index < -0.39 is 0 Å². The van der Waals surface area contributed by atoms with Gasteiger partial charge in [0.1, 0.15) is 0 Å². The highest BCUT2D eigenvalue weighted by atomic mass is 79.9. The molecule has 2 rings (SSSR count). The Bertz CT molecular complexity index is 439. The molecular formula is C12H18BrN3O2. The van der Waals surface area contributed by atoms with Gasteiger partial charge in [-0.05, 0) is 36.7 Å².